The molecule has 102 valence electrons. The van der Waals surface area contributed by atoms with E-state index in [0.717, 1.165) is 18.6 Å². The summed E-state index contributed by atoms with van der Waals surface area (Å²) in [5.74, 6) is 1.59. The summed E-state index contributed by atoms with van der Waals surface area (Å²) in [7, 11) is 0. The Morgan fingerprint density at radius 2 is 1.89 bits per heavy atom. The van der Waals surface area contributed by atoms with Crippen LogP contribution in [0.4, 0.5) is 0 Å². The van der Waals surface area contributed by atoms with Crippen LogP contribution in [0, 0.1) is 16.7 Å². The molecule has 0 amide bonds. The zero-order valence-corrected chi connectivity index (χ0v) is 12.8. The third-order valence-corrected chi connectivity index (χ3v) is 3.21. The number of rotatable bonds is 3. The quantitative estimate of drug-likeness (QED) is 0.603. The lowest BCUT2D eigenvalue weighted by atomic mass is 9.77. The van der Waals surface area contributed by atoms with Gasteiger partial charge < -0.3 is 4.74 Å². The van der Waals surface area contributed by atoms with Crippen molar-refractivity contribution in [2.24, 2.45) is 16.7 Å². The first-order valence-corrected chi connectivity index (χ1v) is 6.88. The van der Waals surface area contributed by atoms with Gasteiger partial charge in [0, 0.05) is 0 Å². The Balaban J connectivity index is 2.40. The van der Waals surface area contributed by atoms with Gasteiger partial charge in [-0.15, -0.1) is 0 Å². The van der Waals surface area contributed by atoms with Crippen molar-refractivity contribution in [1.82, 2.24) is 0 Å². The predicted molar refractivity (Wildman–Crippen MR) is 79.1 cm³/mol. The van der Waals surface area contributed by atoms with Gasteiger partial charge in [-0.3, -0.25) is 0 Å². The average Bonchev–Trinajstić information content (AvgIpc) is 2.22. The minimum atomic E-state index is 0.327. The molecule has 0 aromatic carbocycles. The third-order valence-electron chi connectivity index (χ3n) is 3.21. The van der Waals surface area contributed by atoms with Gasteiger partial charge in [-0.25, -0.2) is 0 Å². The number of allylic oxidation sites excluding steroid dienone is 4. The zero-order valence-electron chi connectivity index (χ0n) is 12.8. The van der Waals surface area contributed by atoms with E-state index in [0.29, 0.717) is 16.7 Å². The van der Waals surface area contributed by atoms with E-state index >= 15 is 0 Å². The summed E-state index contributed by atoms with van der Waals surface area (Å²) in [4.78, 5) is 0. The van der Waals surface area contributed by atoms with Crippen molar-refractivity contribution in [2.45, 2.75) is 54.4 Å². The summed E-state index contributed by atoms with van der Waals surface area (Å²) >= 11 is 0. The van der Waals surface area contributed by atoms with Gasteiger partial charge in [-0.2, -0.15) is 0 Å². The SMILES string of the molecule is CC(C)(C)C/C=C/OC1=CCC(C(C)(C)C)C=C1. The smallest absolute Gasteiger partial charge is 0.122 e. The molecule has 0 aromatic heterocycles. The molecule has 1 rings (SSSR count). The van der Waals surface area contributed by atoms with Gasteiger partial charge in [-0.05, 0) is 47.8 Å². The Hall–Kier alpha value is -0.980. The molecule has 0 saturated carbocycles. The fourth-order valence-electron chi connectivity index (χ4n) is 1.86. The van der Waals surface area contributed by atoms with Crippen molar-refractivity contribution >= 4 is 0 Å². The highest BCUT2D eigenvalue weighted by Crippen LogP contribution is 2.33. The maximum absolute atomic E-state index is 5.63. The lowest BCUT2D eigenvalue weighted by molar-refractivity contribution is 0.282. The Bertz CT molecular complexity index is 345. The van der Waals surface area contributed by atoms with Crippen LogP contribution in [0.1, 0.15) is 54.4 Å². The van der Waals surface area contributed by atoms with Crippen LogP contribution in [0.3, 0.4) is 0 Å². The Morgan fingerprint density at radius 1 is 1.22 bits per heavy atom. The first-order chi connectivity index (χ1) is 8.18. The Labute approximate surface area is 113 Å². The molecule has 0 bridgehead atoms. The van der Waals surface area contributed by atoms with E-state index in [1.807, 2.05) is 6.26 Å². The van der Waals surface area contributed by atoms with Crippen LogP contribution in [0.5, 0.6) is 0 Å². The van der Waals surface area contributed by atoms with Gasteiger partial charge in [0.1, 0.15) is 5.76 Å². The van der Waals surface area contributed by atoms with E-state index in [1.165, 1.54) is 0 Å². The van der Waals surface area contributed by atoms with Crippen LogP contribution >= 0.6 is 0 Å². The third kappa shape index (κ3) is 5.57. The fraction of sp³-hybridized carbons (Fsp3) is 0.647. The minimum absolute atomic E-state index is 0.327. The Morgan fingerprint density at radius 3 is 2.33 bits per heavy atom. The summed E-state index contributed by atoms with van der Waals surface area (Å²) in [6.45, 7) is 13.5. The van der Waals surface area contributed by atoms with Crippen molar-refractivity contribution in [2.75, 3.05) is 0 Å². The summed E-state index contributed by atoms with van der Waals surface area (Å²) in [5, 5.41) is 0. The molecule has 0 aliphatic heterocycles. The van der Waals surface area contributed by atoms with E-state index in [9.17, 15) is 0 Å². The molecule has 1 heteroatoms. The number of hydrogen-bond donors (Lipinski definition) is 0. The lowest BCUT2D eigenvalue weighted by Crippen LogP contribution is -2.19. The Kier molecular flexibility index (Phi) is 4.84. The van der Waals surface area contributed by atoms with Gasteiger partial charge in [0.2, 0.25) is 0 Å². The van der Waals surface area contributed by atoms with Gasteiger partial charge in [0.25, 0.3) is 0 Å². The summed E-state index contributed by atoms with van der Waals surface area (Å²) in [5.41, 5.74) is 0.661. The number of ether oxygens (including phenoxy) is 1. The largest absolute Gasteiger partial charge is 0.466 e. The maximum atomic E-state index is 5.63. The molecule has 0 N–H and O–H groups in total. The summed E-state index contributed by atoms with van der Waals surface area (Å²) in [6, 6.07) is 0. The van der Waals surface area contributed by atoms with Gasteiger partial charge >= 0.3 is 0 Å². The van der Waals surface area contributed by atoms with Crippen molar-refractivity contribution in [3.05, 3.63) is 36.3 Å². The van der Waals surface area contributed by atoms with Gasteiger partial charge in [-0.1, -0.05) is 47.6 Å². The molecule has 0 saturated heterocycles. The fourth-order valence-corrected chi connectivity index (χ4v) is 1.86. The molecule has 1 aliphatic carbocycles. The molecule has 18 heavy (non-hydrogen) atoms. The number of hydrogen-bond acceptors (Lipinski definition) is 1. The lowest BCUT2D eigenvalue weighted by Gasteiger charge is -2.29. The normalized spacial score (nSPS) is 21.2. The molecular formula is C17H28O. The standard InChI is InChI=1S/C17H28O/c1-16(2,3)12-7-13-18-15-10-8-14(9-11-15)17(4,5)6/h7-8,10-11,13-14H,9,12H2,1-6H3/b13-7+. The van der Waals surface area contributed by atoms with Crippen molar-refractivity contribution < 1.29 is 4.74 Å². The minimum Gasteiger partial charge on any atom is -0.466 e. The maximum Gasteiger partial charge on any atom is 0.122 e. The van der Waals surface area contributed by atoms with Crippen molar-refractivity contribution in [1.29, 1.82) is 0 Å². The monoisotopic (exact) mass is 248 g/mol. The van der Waals surface area contributed by atoms with E-state index < -0.39 is 0 Å². The average molecular weight is 248 g/mol. The highest BCUT2D eigenvalue weighted by Gasteiger charge is 2.23. The van der Waals surface area contributed by atoms with E-state index in [-0.39, 0.29) is 0 Å². The molecule has 1 aliphatic rings. The van der Waals surface area contributed by atoms with Crippen LogP contribution < -0.4 is 0 Å². The first kappa shape index (κ1) is 15.1. The van der Waals surface area contributed by atoms with Gasteiger partial charge in [0.05, 0.1) is 6.26 Å². The van der Waals surface area contributed by atoms with Crippen LogP contribution in [-0.2, 0) is 4.74 Å². The topological polar surface area (TPSA) is 9.23 Å². The zero-order chi connectivity index (χ0) is 13.8. The van der Waals surface area contributed by atoms with Crippen LogP contribution in [0.2, 0.25) is 0 Å². The predicted octanol–water partition coefficient (Wildman–Crippen LogP) is 5.46. The molecule has 0 aromatic rings. The van der Waals surface area contributed by atoms with Crippen LogP contribution in [-0.4, -0.2) is 0 Å². The summed E-state index contributed by atoms with van der Waals surface area (Å²) < 4.78 is 5.63. The van der Waals surface area contributed by atoms with E-state index in [1.54, 1.807) is 0 Å². The van der Waals surface area contributed by atoms with E-state index in [4.69, 9.17) is 4.74 Å². The molecule has 1 nitrogen and oxygen atoms in total. The molecule has 0 heterocycles. The van der Waals surface area contributed by atoms with E-state index in [2.05, 4.69) is 65.8 Å². The molecule has 0 fully saturated rings. The highest BCUT2D eigenvalue weighted by molar-refractivity contribution is 5.20. The second-order valence-electron chi connectivity index (χ2n) is 7.43. The highest BCUT2D eigenvalue weighted by atomic mass is 16.5. The molecule has 1 unspecified atom stereocenters. The second-order valence-corrected chi connectivity index (χ2v) is 7.43. The molecule has 1 atom stereocenters. The molecular weight excluding hydrogens is 220 g/mol. The molecule has 0 spiro atoms. The van der Waals surface area contributed by atoms with Crippen molar-refractivity contribution in [3.8, 4) is 0 Å². The summed E-state index contributed by atoms with van der Waals surface area (Å²) in [6.07, 6.45) is 12.6. The first-order valence-electron chi connectivity index (χ1n) is 6.88. The van der Waals surface area contributed by atoms with Crippen LogP contribution in [0.15, 0.2) is 36.3 Å². The second kappa shape index (κ2) is 5.77. The molecule has 0 radical (unpaired) electrons. The van der Waals surface area contributed by atoms with Crippen molar-refractivity contribution in [3.63, 3.8) is 0 Å². The van der Waals surface area contributed by atoms with Gasteiger partial charge in [0.15, 0.2) is 0 Å². The van der Waals surface area contributed by atoms with Crippen LogP contribution in [0.25, 0.3) is 0 Å².